The maximum atomic E-state index is 14.7. The number of allylic oxidation sites excluding steroid dienone is 1. The van der Waals surface area contributed by atoms with Gasteiger partial charge >= 0.3 is 0 Å². The average molecular weight is 665 g/mol. The van der Waals surface area contributed by atoms with Crippen LogP contribution in [0.5, 0.6) is 11.5 Å². The standard InChI is InChI=1S/C34H27ClF2N2O6S/c1-19(32-25(35)9-6-10-27(32)37)15-21-11-14-29-28(16-21)39(46(42,43)22-12-13-26(36)30(17-22)44-3)20(2)31(45-29)18-38-33(40)23-7-4-5-8-24(23)34(38)41/h4-17,20,31H,18H2,1-3H3/t20-,31+/m1/s1. The molecule has 6 rings (SSSR count). The first kappa shape index (κ1) is 31.3. The zero-order valence-electron chi connectivity index (χ0n) is 24.8. The van der Waals surface area contributed by atoms with Crippen LogP contribution in [0, 0.1) is 11.6 Å². The molecule has 0 spiro atoms. The molecule has 12 heteroatoms. The monoisotopic (exact) mass is 664 g/mol. The number of imide groups is 1. The number of sulfonamides is 1. The number of fused-ring (bicyclic) bond motifs is 2. The van der Waals surface area contributed by atoms with Crippen LogP contribution in [-0.2, 0) is 10.0 Å². The number of amides is 2. The van der Waals surface area contributed by atoms with Gasteiger partial charge in [-0.3, -0.25) is 18.8 Å². The maximum Gasteiger partial charge on any atom is 0.264 e. The fraction of sp³-hybridized carbons (Fsp3) is 0.176. The molecule has 0 radical (unpaired) electrons. The summed E-state index contributed by atoms with van der Waals surface area (Å²) in [5.74, 6) is -2.38. The molecule has 0 saturated heterocycles. The number of ether oxygens (including phenoxy) is 2. The van der Waals surface area contributed by atoms with Crippen molar-refractivity contribution in [3.8, 4) is 11.5 Å². The summed E-state index contributed by atoms with van der Waals surface area (Å²) in [4.78, 5) is 27.1. The molecule has 2 aliphatic heterocycles. The first-order chi connectivity index (χ1) is 21.9. The predicted octanol–water partition coefficient (Wildman–Crippen LogP) is 6.83. The smallest absolute Gasteiger partial charge is 0.264 e. The van der Waals surface area contributed by atoms with Crippen molar-refractivity contribution < 1.29 is 36.3 Å². The van der Waals surface area contributed by atoms with Crippen molar-refractivity contribution in [3.05, 3.63) is 118 Å². The number of hydrogen-bond donors (Lipinski definition) is 0. The molecule has 4 aromatic carbocycles. The highest BCUT2D eigenvalue weighted by Crippen LogP contribution is 2.42. The minimum atomic E-state index is -4.42. The van der Waals surface area contributed by atoms with Crippen LogP contribution in [0.2, 0.25) is 5.02 Å². The Morgan fingerprint density at radius 3 is 2.30 bits per heavy atom. The normalized spacial score (nSPS) is 17.9. The van der Waals surface area contributed by atoms with Gasteiger partial charge in [0.2, 0.25) is 0 Å². The lowest BCUT2D eigenvalue weighted by molar-refractivity contribution is 0.0544. The number of hydrogen-bond acceptors (Lipinski definition) is 6. The van der Waals surface area contributed by atoms with Gasteiger partial charge in [-0.05, 0) is 73.5 Å². The third kappa shape index (κ3) is 5.29. The number of methoxy groups -OCH3 is 1. The molecule has 2 amide bonds. The molecule has 0 aliphatic carbocycles. The summed E-state index contributed by atoms with van der Waals surface area (Å²) < 4.78 is 70.1. The zero-order chi connectivity index (χ0) is 32.9. The molecule has 0 N–H and O–H groups in total. The van der Waals surface area contributed by atoms with Crippen molar-refractivity contribution in [2.75, 3.05) is 18.0 Å². The fourth-order valence-corrected chi connectivity index (χ4v) is 7.77. The lowest BCUT2D eigenvalue weighted by Crippen LogP contribution is -2.55. The van der Waals surface area contributed by atoms with Gasteiger partial charge in [0.25, 0.3) is 21.8 Å². The Labute approximate surface area is 269 Å². The van der Waals surface area contributed by atoms with Gasteiger partial charge in [-0.1, -0.05) is 41.9 Å². The largest absolute Gasteiger partial charge is 0.494 e. The van der Waals surface area contributed by atoms with Crippen LogP contribution in [-0.4, -0.2) is 50.9 Å². The summed E-state index contributed by atoms with van der Waals surface area (Å²) >= 11 is 6.27. The highest BCUT2D eigenvalue weighted by atomic mass is 35.5. The summed E-state index contributed by atoms with van der Waals surface area (Å²) in [7, 11) is -3.19. The van der Waals surface area contributed by atoms with Crippen LogP contribution in [0.25, 0.3) is 11.6 Å². The average Bonchev–Trinajstić information content (AvgIpc) is 3.26. The van der Waals surface area contributed by atoms with Gasteiger partial charge in [0.15, 0.2) is 11.6 Å². The molecule has 0 aromatic heterocycles. The first-order valence-corrected chi connectivity index (χ1v) is 16.0. The lowest BCUT2D eigenvalue weighted by atomic mass is 10.0. The number of benzene rings is 4. The van der Waals surface area contributed by atoms with Crippen LogP contribution in [0.1, 0.15) is 45.7 Å². The quantitative estimate of drug-likeness (QED) is 0.159. The Hall–Kier alpha value is -4.74. The molecule has 8 nitrogen and oxygen atoms in total. The lowest BCUT2D eigenvalue weighted by Gasteiger charge is -2.41. The molecule has 236 valence electrons. The maximum absolute atomic E-state index is 14.7. The van der Waals surface area contributed by atoms with E-state index < -0.39 is 45.6 Å². The van der Waals surface area contributed by atoms with Crippen molar-refractivity contribution in [1.29, 1.82) is 0 Å². The zero-order valence-corrected chi connectivity index (χ0v) is 26.4. The second-order valence-corrected chi connectivity index (χ2v) is 13.1. The highest BCUT2D eigenvalue weighted by molar-refractivity contribution is 7.92. The minimum absolute atomic E-state index is 0.149. The second kappa shape index (κ2) is 11.9. The fourth-order valence-electron chi connectivity index (χ4n) is 5.76. The summed E-state index contributed by atoms with van der Waals surface area (Å²) in [5, 5.41) is 0.217. The molecule has 2 heterocycles. The predicted molar refractivity (Wildman–Crippen MR) is 170 cm³/mol. The van der Waals surface area contributed by atoms with Crippen LogP contribution in [0.3, 0.4) is 0 Å². The van der Waals surface area contributed by atoms with Gasteiger partial charge in [-0.25, -0.2) is 17.2 Å². The topological polar surface area (TPSA) is 93.2 Å². The van der Waals surface area contributed by atoms with Gasteiger partial charge in [0.05, 0.1) is 46.4 Å². The van der Waals surface area contributed by atoms with E-state index >= 15 is 0 Å². The second-order valence-electron chi connectivity index (χ2n) is 10.9. The van der Waals surface area contributed by atoms with Crippen LogP contribution in [0.4, 0.5) is 14.5 Å². The minimum Gasteiger partial charge on any atom is -0.494 e. The number of anilines is 1. The highest BCUT2D eigenvalue weighted by Gasteiger charge is 2.44. The van der Waals surface area contributed by atoms with Gasteiger partial charge in [-0.15, -0.1) is 0 Å². The van der Waals surface area contributed by atoms with E-state index in [1.807, 2.05) is 0 Å². The number of carbonyl (C=O) groups excluding carboxylic acids is 2. The molecule has 0 bridgehead atoms. The molecule has 4 aromatic rings. The number of rotatable bonds is 7. The molecule has 0 fully saturated rings. The van der Waals surface area contributed by atoms with E-state index in [4.69, 9.17) is 21.1 Å². The Balaban J connectivity index is 1.44. The molecule has 0 unspecified atom stereocenters. The Morgan fingerprint density at radius 2 is 1.65 bits per heavy atom. The molecular formula is C34H27ClF2N2O6S. The number of halogens is 3. The molecular weight excluding hydrogens is 638 g/mol. The molecule has 2 atom stereocenters. The van der Waals surface area contributed by atoms with E-state index in [0.717, 1.165) is 27.4 Å². The van der Waals surface area contributed by atoms with Crippen LogP contribution < -0.4 is 13.8 Å². The van der Waals surface area contributed by atoms with E-state index in [1.54, 1.807) is 68.5 Å². The third-order valence-electron chi connectivity index (χ3n) is 8.07. The Morgan fingerprint density at radius 1 is 0.957 bits per heavy atom. The molecule has 2 aliphatic rings. The van der Waals surface area contributed by atoms with Crippen LogP contribution in [0.15, 0.2) is 83.8 Å². The summed E-state index contributed by atoms with van der Waals surface area (Å²) in [6.45, 7) is 3.04. The van der Waals surface area contributed by atoms with Crippen molar-refractivity contribution >= 4 is 50.8 Å². The molecule has 0 saturated carbocycles. The van der Waals surface area contributed by atoms with Gasteiger partial charge in [0.1, 0.15) is 17.7 Å². The van der Waals surface area contributed by atoms with Gasteiger partial charge in [0, 0.05) is 11.6 Å². The van der Waals surface area contributed by atoms with Crippen molar-refractivity contribution in [3.63, 3.8) is 0 Å². The Kier molecular flexibility index (Phi) is 8.07. The van der Waals surface area contributed by atoms with E-state index in [0.29, 0.717) is 11.1 Å². The van der Waals surface area contributed by atoms with E-state index in [9.17, 15) is 26.8 Å². The van der Waals surface area contributed by atoms with Crippen molar-refractivity contribution in [1.82, 2.24) is 4.90 Å². The number of nitrogens with zero attached hydrogens (tertiary/aromatic N) is 2. The Bertz CT molecular complexity index is 2000. The van der Waals surface area contributed by atoms with Crippen LogP contribution >= 0.6 is 11.6 Å². The van der Waals surface area contributed by atoms with E-state index in [-0.39, 0.29) is 50.3 Å². The summed E-state index contributed by atoms with van der Waals surface area (Å²) in [6.07, 6.45) is 0.679. The van der Waals surface area contributed by atoms with Gasteiger partial charge in [-0.2, -0.15) is 0 Å². The summed E-state index contributed by atoms with van der Waals surface area (Å²) in [5.41, 5.74) is 1.86. The van der Waals surface area contributed by atoms with Crippen molar-refractivity contribution in [2.45, 2.75) is 30.9 Å². The third-order valence-corrected chi connectivity index (χ3v) is 10.3. The first-order valence-electron chi connectivity index (χ1n) is 14.2. The summed E-state index contributed by atoms with van der Waals surface area (Å²) in [6, 6.07) is 17.8. The van der Waals surface area contributed by atoms with Crippen molar-refractivity contribution in [2.24, 2.45) is 0 Å². The van der Waals surface area contributed by atoms with Gasteiger partial charge < -0.3 is 9.47 Å². The van der Waals surface area contributed by atoms with E-state index in [1.165, 1.54) is 19.2 Å². The SMILES string of the molecule is COc1cc(S(=O)(=O)N2c3cc(C=C(C)c4c(F)cccc4Cl)ccc3O[C@@H](CN3C(=O)c4ccccc4C3=O)[C@H]2C)ccc1F. The number of carbonyl (C=O) groups is 2. The molecule has 46 heavy (non-hydrogen) atoms. The van der Waals surface area contributed by atoms with E-state index in [2.05, 4.69) is 0 Å².